The summed E-state index contributed by atoms with van der Waals surface area (Å²) in [5.74, 6) is -0.753. The van der Waals surface area contributed by atoms with E-state index < -0.39 is 34.1 Å². The van der Waals surface area contributed by atoms with Crippen LogP contribution in [0.5, 0.6) is 0 Å². The maximum Gasteiger partial charge on any atom is 0.244 e. The predicted molar refractivity (Wildman–Crippen MR) is 142 cm³/mol. The van der Waals surface area contributed by atoms with E-state index >= 15 is 0 Å². The van der Waals surface area contributed by atoms with E-state index in [0.29, 0.717) is 22.7 Å². The van der Waals surface area contributed by atoms with E-state index in [1.54, 1.807) is 25.1 Å². The molecule has 2 aromatic rings. The maximum absolute atomic E-state index is 13.7. The van der Waals surface area contributed by atoms with E-state index in [1.807, 2.05) is 58.9 Å². The lowest BCUT2D eigenvalue weighted by Crippen LogP contribution is -2.55. The SMILES string of the molecule is CC[C@@H](C(=O)NC(C)(C)C)N(Cc1cccc(C)c1)C(=O)CN(c1ccc(Cl)cc1C)S(C)(=O)=O. The van der Waals surface area contributed by atoms with Crippen LogP contribution in [0.4, 0.5) is 5.69 Å². The molecule has 1 atom stereocenters. The molecular weight excluding hydrogens is 486 g/mol. The molecule has 9 heteroatoms. The maximum atomic E-state index is 13.7. The molecule has 0 aliphatic rings. The van der Waals surface area contributed by atoms with E-state index in [1.165, 1.54) is 4.90 Å². The lowest BCUT2D eigenvalue weighted by molar-refractivity contribution is -0.141. The predicted octanol–water partition coefficient (Wildman–Crippen LogP) is 4.44. The Labute approximate surface area is 214 Å². The molecule has 7 nitrogen and oxygen atoms in total. The van der Waals surface area contributed by atoms with Gasteiger partial charge in [-0.25, -0.2) is 8.42 Å². The first-order valence-corrected chi connectivity index (χ1v) is 13.8. The van der Waals surface area contributed by atoms with Gasteiger partial charge in [-0.2, -0.15) is 0 Å². The summed E-state index contributed by atoms with van der Waals surface area (Å²) in [5, 5.41) is 3.42. The second-order valence-electron chi connectivity index (χ2n) is 9.87. The van der Waals surface area contributed by atoms with Crippen molar-refractivity contribution in [2.24, 2.45) is 0 Å². The zero-order valence-corrected chi connectivity index (χ0v) is 23.1. The monoisotopic (exact) mass is 521 g/mol. The fourth-order valence-electron chi connectivity index (χ4n) is 3.87. The van der Waals surface area contributed by atoms with Crippen LogP contribution in [0, 0.1) is 13.8 Å². The van der Waals surface area contributed by atoms with E-state index in [4.69, 9.17) is 11.6 Å². The standard InChI is InChI=1S/C26H36ClN3O4S/c1-8-22(25(32)28-26(4,5)6)29(16-20-11-9-10-18(2)14-20)24(31)17-30(35(7,33)34)23-13-12-21(27)15-19(23)3/h9-15,22H,8,16-17H2,1-7H3,(H,28,32)/t22-/m0/s1. The first-order valence-electron chi connectivity index (χ1n) is 11.5. The molecule has 0 aliphatic carbocycles. The molecule has 0 unspecified atom stereocenters. The van der Waals surface area contributed by atoms with Crippen LogP contribution >= 0.6 is 11.6 Å². The smallest absolute Gasteiger partial charge is 0.244 e. The number of halogens is 1. The first kappa shape index (κ1) is 28.7. The van der Waals surface area contributed by atoms with Gasteiger partial charge < -0.3 is 10.2 Å². The third kappa shape index (κ3) is 8.25. The van der Waals surface area contributed by atoms with E-state index in [-0.39, 0.29) is 12.5 Å². The van der Waals surface area contributed by atoms with Gasteiger partial charge in [0.05, 0.1) is 11.9 Å². The van der Waals surface area contributed by atoms with Crippen molar-refractivity contribution in [1.29, 1.82) is 0 Å². The molecule has 0 saturated heterocycles. The van der Waals surface area contributed by atoms with E-state index in [9.17, 15) is 18.0 Å². The highest BCUT2D eigenvalue weighted by molar-refractivity contribution is 7.92. The minimum absolute atomic E-state index is 0.174. The van der Waals surface area contributed by atoms with Crippen molar-refractivity contribution in [1.82, 2.24) is 10.2 Å². The fourth-order valence-corrected chi connectivity index (χ4v) is 5.01. The summed E-state index contributed by atoms with van der Waals surface area (Å²) >= 11 is 6.06. The second-order valence-corrected chi connectivity index (χ2v) is 12.2. The molecule has 2 rings (SSSR count). The minimum atomic E-state index is -3.80. The number of aryl methyl sites for hydroxylation is 2. The normalized spacial score (nSPS) is 12.7. The van der Waals surface area contributed by atoms with E-state index in [2.05, 4.69) is 5.32 Å². The summed E-state index contributed by atoms with van der Waals surface area (Å²) < 4.78 is 26.5. The lowest BCUT2D eigenvalue weighted by atomic mass is 10.0. The second kappa shape index (κ2) is 11.4. The van der Waals surface area contributed by atoms with Gasteiger partial charge in [-0.1, -0.05) is 48.4 Å². The molecule has 0 heterocycles. The number of amides is 2. The largest absolute Gasteiger partial charge is 0.350 e. The molecule has 0 saturated carbocycles. The van der Waals surface area contributed by atoms with Gasteiger partial charge in [0.25, 0.3) is 0 Å². The molecule has 2 amide bonds. The average Bonchev–Trinajstić information content (AvgIpc) is 2.70. The zero-order chi connectivity index (χ0) is 26.6. The van der Waals surface area contributed by atoms with Crippen molar-refractivity contribution < 1.29 is 18.0 Å². The van der Waals surface area contributed by atoms with Crippen LogP contribution in [-0.2, 0) is 26.2 Å². The van der Waals surface area contributed by atoms with Crippen molar-refractivity contribution in [2.75, 3.05) is 17.1 Å². The lowest BCUT2D eigenvalue weighted by Gasteiger charge is -2.34. The Balaban J connectivity index is 2.49. The summed E-state index contributed by atoms with van der Waals surface area (Å²) in [6.07, 6.45) is 1.43. The molecule has 0 fully saturated rings. The minimum Gasteiger partial charge on any atom is -0.350 e. The molecule has 0 spiro atoms. The number of sulfonamides is 1. The third-order valence-corrected chi connectivity index (χ3v) is 6.79. The molecule has 0 aliphatic heterocycles. The average molecular weight is 522 g/mol. The number of hydrogen-bond donors (Lipinski definition) is 1. The van der Waals surface area contributed by atoms with Gasteiger partial charge in [-0.05, 0) is 70.4 Å². The van der Waals surface area contributed by atoms with Crippen molar-refractivity contribution in [3.05, 3.63) is 64.2 Å². The molecule has 0 aromatic heterocycles. The van der Waals surface area contributed by atoms with Crippen LogP contribution in [-0.4, -0.2) is 49.5 Å². The molecule has 2 aromatic carbocycles. The Bertz CT molecular complexity index is 1180. The Morgan fingerprint density at radius 1 is 1.09 bits per heavy atom. The number of benzene rings is 2. The van der Waals surface area contributed by atoms with Crippen LogP contribution in [0.1, 0.15) is 50.8 Å². The van der Waals surface area contributed by atoms with Crippen molar-refractivity contribution in [3.63, 3.8) is 0 Å². The summed E-state index contributed by atoms with van der Waals surface area (Å²) in [6.45, 7) is 10.9. The van der Waals surface area contributed by atoms with E-state index in [0.717, 1.165) is 21.7 Å². The van der Waals surface area contributed by atoms with Crippen LogP contribution in [0.2, 0.25) is 5.02 Å². The number of anilines is 1. The quantitative estimate of drug-likeness (QED) is 0.528. The first-order chi connectivity index (χ1) is 16.1. The van der Waals surface area contributed by atoms with Gasteiger partial charge in [-0.3, -0.25) is 13.9 Å². The van der Waals surface area contributed by atoms with Crippen molar-refractivity contribution >= 4 is 39.1 Å². The Kier molecular flexibility index (Phi) is 9.36. The Morgan fingerprint density at radius 2 is 1.74 bits per heavy atom. The van der Waals surface area contributed by atoms with Crippen LogP contribution in [0.15, 0.2) is 42.5 Å². The van der Waals surface area contributed by atoms with Gasteiger partial charge in [0.2, 0.25) is 21.8 Å². The molecule has 0 radical (unpaired) electrons. The van der Waals surface area contributed by atoms with Crippen LogP contribution in [0.3, 0.4) is 0 Å². The van der Waals surface area contributed by atoms with Crippen LogP contribution in [0.25, 0.3) is 0 Å². The molecular formula is C26H36ClN3O4S. The molecule has 0 bridgehead atoms. The number of carbonyl (C=O) groups is 2. The van der Waals surface area contributed by atoms with Gasteiger partial charge >= 0.3 is 0 Å². The van der Waals surface area contributed by atoms with Gasteiger partial charge in [0, 0.05) is 17.1 Å². The van der Waals surface area contributed by atoms with Crippen LogP contribution < -0.4 is 9.62 Å². The summed E-state index contributed by atoms with van der Waals surface area (Å²) in [5.41, 5.74) is 2.39. The molecule has 192 valence electrons. The number of nitrogens with zero attached hydrogens (tertiary/aromatic N) is 2. The topological polar surface area (TPSA) is 86.8 Å². The summed E-state index contributed by atoms with van der Waals surface area (Å²) in [6, 6.07) is 11.7. The Morgan fingerprint density at radius 3 is 2.26 bits per heavy atom. The number of hydrogen-bond acceptors (Lipinski definition) is 4. The van der Waals surface area contributed by atoms with Gasteiger partial charge in [-0.15, -0.1) is 0 Å². The molecule has 1 N–H and O–H groups in total. The highest BCUT2D eigenvalue weighted by atomic mass is 35.5. The Hall–Kier alpha value is -2.58. The number of rotatable bonds is 9. The zero-order valence-electron chi connectivity index (χ0n) is 21.6. The van der Waals surface area contributed by atoms with Gasteiger partial charge in [0.15, 0.2) is 0 Å². The van der Waals surface area contributed by atoms with Gasteiger partial charge in [0.1, 0.15) is 12.6 Å². The van der Waals surface area contributed by atoms with Crippen molar-refractivity contribution in [2.45, 2.75) is 66.1 Å². The number of carbonyl (C=O) groups excluding carboxylic acids is 2. The number of nitrogens with one attached hydrogen (secondary N) is 1. The summed E-state index contributed by atoms with van der Waals surface area (Å²) in [7, 11) is -3.80. The highest BCUT2D eigenvalue weighted by Crippen LogP contribution is 2.26. The third-order valence-electron chi connectivity index (χ3n) is 5.43. The highest BCUT2D eigenvalue weighted by Gasteiger charge is 2.33. The van der Waals surface area contributed by atoms with Crippen molar-refractivity contribution in [3.8, 4) is 0 Å². The fraction of sp³-hybridized carbons (Fsp3) is 0.462. The molecule has 35 heavy (non-hydrogen) atoms. The summed E-state index contributed by atoms with van der Waals surface area (Å²) in [4.78, 5) is 28.4.